The molecule has 1 rings (SSSR count). The zero-order valence-corrected chi connectivity index (χ0v) is 12.1. The Kier molecular flexibility index (Phi) is 5.06. The van der Waals surface area contributed by atoms with Crippen LogP contribution in [0.2, 0.25) is 0 Å². The first-order valence-corrected chi connectivity index (χ1v) is 7.60. The van der Waals surface area contributed by atoms with Gasteiger partial charge in [-0.25, -0.2) is 21.9 Å². The Morgan fingerprint density at radius 2 is 1.85 bits per heavy atom. The maximum atomic E-state index is 13.5. The average Bonchev–Trinajstić information content (AvgIpc) is 2.40. The fourth-order valence-corrected chi connectivity index (χ4v) is 2.83. The van der Waals surface area contributed by atoms with Crippen molar-refractivity contribution in [2.75, 3.05) is 12.3 Å². The topological polar surface area (TPSA) is 92.4 Å². The van der Waals surface area contributed by atoms with Crippen LogP contribution in [0.25, 0.3) is 0 Å². The summed E-state index contributed by atoms with van der Waals surface area (Å²) in [4.78, 5) is -0.871. The molecule has 20 heavy (non-hydrogen) atoms. The van der Waals surface area contributed by atoms with Crippen molar-refractivity contribution in [3.8, 4) is 0 Å². The second-order valence-electron chi connectivity index (χ2n) is 4.57. The molecule has 0 aliphatic carbocycles. The summed E-state index contributed by atoms with van der Waals surface area (Å²) in [6.07, 6.45) is 0.638. The van der Waals surface area contributed by atoms with Gasteiger partial charge in [-0.3, -0.25) is 0 Å². The molecule has 0 spiro atoms. The van der Waals surface area contributed by atoms with E-state index in [1.54, 1.807) is 13.8 Å². The predicted octanol–water partition coefficient (Wildman–Crippen LogP) is 1.38. The molecule has 0 saturated carbocycles. The first-order valence-electron chi connectivity index (χ1n) is 6.11. The van der Waals surface area contributed by atoms with E-state index in [4.69, 9.17) is 5.73 Å². The number of hydrogen-bond donors (Lipinski definition) is 3. The van der Waals surface area contributed by atoms with Gasteiger partial charge in [-0.2, -0.15) is 0 Å². The molecule has 8 heteroatoms. The van der Waals surface area contributed by atoms with E-state index in [9.17, 15) is 22.3 Å². The fraction of sp³-hybridized carbons (Fsp3) is 0.500. The van der Waals surface area contributed by atoms with Crippen molar-refractivity contribution in [1.82, 2.24) is 4.72 Å². The molecule has 0 heterocycles. The van der Waals surface area contributed by atoms with Crippen molar-refractivity contribution in [3.63, 3.8) is 0 Å². The van der Waals surface area contributed by atoms with Crippen LogP contribution in [0.4, 0.5) is 14.5 Å². The Balaban J connectivity index is 3.07. The number of anilines is 1. The van der Waals surface area contributed by atoms with Crippen LogP contribution < -0.4 is 10.5 Å². The largest absolute Gasteiger partial charge is 0.399 e. The van der Waals surface area contributed by atoms with Gasteiger partial charge in [0, 0.05) is 12.2 Å². The molecule has 4 N–H and O–H groups in total. The highest BCUT2D eigenvalue weighted by molar-refractivity contribution is 7.89. The molecule has 0 aliphatic rings. The van der Waals surface area contributed by atoms with Crippen molar-refractivity contribution < 1.29 is 22.3 Å². The monoisotopic (exact) mass is 308 g/mol. The van der Waals surface area contributed by atoms with Gasteiger partial charge < -0.3 is 10.8 Å². The molecule has 0 saturated heterocycles. The summed E-state index contributed by atoms with van der Waals surface area (Å²) < 4.78 is 52.7. The van der Waals surface area contributed by atoms with E-state index in [1.165, 1.54) is 0 Å². The van der Waals surface area contributed by atoms with Crippen molar-refractivity contribution in [3.05, 3.63) is 23.8 Å². The summed E-state index contributed by atoms with van der Waals surface area (Å²) in [6, 6.07) is 1.53. The molecule has 0 unspecified atom stereocenters. The number of nitrogens with one attached hydrogen (secondary N) is 1. The lowest BCUT2D eigenvalue weighted by Crippen LogP contribution is -2.42. The minimum atomic E-state index is -4.29. The Hall–Kier alpha value is -1.25. The van der Waals surface area contributed by atoms with Gasteiger partial charge in [-0.15, -0.1) is 0 Å². The third-order valence-electron chi connectivity index (χ3n) is 3.21. The zero-order chi connectivity index (χ0) is 15.6. The molecule has 0 aliphatic heterocycles. The molecule has 1 aromatic carbocycles. The van der Waals surface area contributed by atoms with Gasteiger partial charge in [0.05, 0.1) is 5.60 Å². The number of nitrogen functional groups attached to an aromatic ring is 1. The smallest absolute Gasteiger partial charge is 0.243 e. The number of aliphatic hydroxyl groups is 1. The van der Waals surface area contributed by atoms with Gasteiger partial charge in [-0.1, -0.05) is 13.8 Å². The molecule has 114 valence electrons. The summed E-state index contributed by atoms with van der Waals surface area (Å²) in [7, 11) is -4.29. The van der Waals surface area contributed by atoms with Crippen LogP contribution >= 0.6 is 0 Å². The van der Waals surface area contributed by atoms with E-state index in [0.29, 0.717) is 18.9 Å². The minimum absolute atomic E-state index is 0.203. The highest BCUT2D eigenvalue weighted by Crippen LogP contribution is 2.22. The molecular formula is C12H18F2N2O3S. The van der Waals surface area contributed by atoms with E-state index in [0.717, 1.165) is 6.07 Å². The number of rotatable bonds is 6. The van der Waals surface area contributed by atoms with Crippen molar-refractivity contribution in [1.29, 1.82) is 0 Å². The van der Waals surface area contributed by atoms with Crippen LogP contribution in [0, 0.1) is 11.6 Å². The quantitative estimate of drug-likeness (QED) is 0.692. The Morgan fingerprint density at radius 3 is 2.35 bits per heavy atom. The first kappa shape index (κ1) is 16.8. The van der Waals surface area contributed by atoms with E-state index in [1.807, 2.05) is 0 Å². The van der Waals surface area contributed by atoms with Crippen molar-refractivity contribution >= 4 is 15.7 Å². The minimum Gasteiger partial charge on any atom is -0.399 e. The molecule has 0 bridgehead atoms. The summed E-state index contributed by atoms with van der Waals surface area (Å²) >= 11 is 0. The Labute approximate surface area is 116 Å². The highest BCUT2D eigenvalue weighted by atomic mass is 32.2. The summed E-state index contributed by atoms with van der Waals surface area (Å²) in [5.41, 5.74) is 3.87. The lowest BCUT2D eigenvalue weighted by molar-refractivity contribution is 0.0377. The molecule has 1 aromatic rings. The standard InChI is InChI=1S/C12H18F2N2O3S/c1-3-12(17,4-2)7-16-20(18,19)10-6-8(15)5-9(13)11(10)14/h5-6,16-17H,3-4,7,15H2,1-2H3. The van der Waals surface area contributed by atoms with Gasteiger partial charge in [0.1, 0.15) is 4.90 Å². The molecule has 0 amide bonds. The van der Waals surface area contributed by atoms with Crippen LogP contribution in [0.15, 0.2) is 17.0 Å². The normalized spacial score (nSPS) is 12.7. The highest BCUT2D eigenvalue weighted by Gasteiger charge is 2.28. The van der Waals surface area contributed by atoms with E-state index >= 15 is 0 Å². The third kappa shape index (κ3) is 3.65. The fourth-order valence-electron chi connectivity index (χ4n) is 1.59. The first-order chi connectivity index (χ1) is 9.15. The number of nitrogens with two attached hydrogens (primary N) is 1. The Morgan fingerprint density at radius 1 is 1.30 bits per heavy atom. The van der Waals surface area contributed by atoms with Gasteiger partial charge in [0.2, 0.25) is 10.0 Å². The lowest BCUT2D eigenvalue weighted by atomic mass is 9.98. The van der Waals surface area contributed by atoms with Crippen LogP contribution in [-0.4, -0.2) is 25.7 Å². The Bertz CT molecular complexity index is 587. The van der Waals surface area contributed by atoms with Crippen molar-refractivity contribution in [2.45, 2.75) is 37.2 Å². The van der Waals surface area contributed by atoms with Crippen LogP contribution in [-0.2, 0) is 10.0 Å². The van der Waals surface area contributed by atoms with Gasteiger partial charge in [-0.05, 0) is 25.0 Å². The molecule has 5 nitrogen and oxygen atoms in total. The van der Waals surface area contributed by atoms with Gasteiger partial charge in [0.15, 0.2) is 11.6 Å². The van der Waals surface area contributed by atoms with Crippen LogP contribution in [0.5, 0.6) is 0 Å². The number of halogens is 2. The second-order valence-corrected chi connectivity index (χ2v) is 6.31. The van der Waals surface area contributed by atoms with Gasteiger partial charge in [0.25, 0.3) is 0 Å². The maximum absolute atomic E-state index is 13.5. The van der Waals surface area contributed by atoms with E-state index in [2.05, 4.69) is 4.72 Å². The summed E-state index contributed by atoms with van der Waals surface area (Å²) in [6.45, 7) is 3.09. The summed E-state index contributed by atoms with van der Waals surface area (Å²) in [5.74, 6) is -2.84. The second kappa shape index (κ2) is 6.02. The lowest BCUT2D eigenvalue weighted by Gasteiger charge is -2.25. The molecule has 0 aromatic heterocycles. The van der Waals surface area contributed by atoms with Gasteiger partial charge >= 0.3 is 0 Å². The van der Waals surface area contributed by atoms with Crippen molar-refractivity contribution in [2.24, 2.45) is 0 Å². The molecular weight excluding hydrogens is 290 g/mol. The maximum Gasteiger partial charge on any atom is 0.243 e. The SMILES string of the molecule is CCC(O)(CC)CNS(=O)(=O)c1cc(N)cc(F)c1F. The molecule has 0 radical (unpaired) electrons. The summed E-state index contributed by atoms with van der Waals surface area (Å²) in [5, 5.41) is 10.00. The van der Waals surface area contributed by atoms with Crippen LogP contribution in [0.3, 0.4) is 0 Å². The van der Waals surface area contributed by atoms with Crippen LogP contribution in [0.1, 0.15) is 26.7 Å². The van der Waals surface area contributed by atoms with E-state index in [-0.39, 0.29) is 12.2 Å². The predicted molar refractivity (Wildman–Crippen MR) is 71.5 cm³/mol. The number of sulfonamides is 1. The third-order valence-corrected chi connectivity index (χ3v) is 4.61. The zero-order valence-electron chi connectivity index (χ0n) is 11.3. The number of benzene rings is 1. The average molecular weight is 308 g/mol. The van der Waals surface area contributed by atoms with E-state index < -0.39 is 32.2 Å². The molecule has 0 atom stereocenters. The number of hydrogen-bond acceptors (Lipinski definition) is 4. The molecule has 0 fully saturated rings.